The van der Waals surface area contributed by atoms with Crippen molar-refractivity contribution < 1.29 is 9.53 Å². The molecule has 10 heteroatoms. The molecule has 1 aliphatic rings. The number of rotatable bonds is 14. The van der Waals surface area contributed by atoms with Crippen molar-refractivity contribution in [2.75, 3.05) is 45.2 Å². The van der Waals surface area contributed by atoms with E-state index < -0.39 is 0 Å². The SMILES string of the molecule is CC.CC.CC/C=C(Nc1cc(C(=O)NCCN2CCOC(C)C2)cnc1C)\C(C=N)=C(\c1cc(/C(C=NC)=C/N)c[nH]1)C(C)CC. The van der Waals surface area contributed by atoms with Gasteiger partial charge in [0.2, 0.25) is 0 Å². The highest BCUT2D eigenvalue weighted by atomic mass is 16.5. The van der Waals surface area contributed by atoms with Gasteiger partial charge in [-0.1, -0.05) is 54.5 Å². The molecule has 0 aliphatic carbocycles. The Morgan fingerprint density at radius 2 is 1.98 bits per heavy atom. The molecule has 2 atom stereocenters. The van der Waals surface area contributed by atoms with Crippen LogP contribution in [0.25, 0.3) is 11.1 Å². The minimum atomic E-state index is -0.167. The lowest BCUT2D eigenvalue weighted by atomic mass is 9.89. The van der Waals surface area contributed by atoms with Crippen LogP contribution in [0.15, 0.2) is 53.1 Å². The van der Waals surface area contributed by atoms with Gasteiger partial charge in [-0.25, -0.2) is 0 Å². The number of aryl methyl sites for hydroxylation is 1. The first kappa shape index (κ1) is 41.0. The van der Waals surface area contributed by atoms with Crippen LogP contribution in [0.2, 0.25) is 0 Å². The van der Waals surface area contributed by atoms with E-state index >= 15 is 0 Å². The highest BCUT2D eigenvalue weighted by Gasteiger charge is 2.21. The number of amides is 1. The summed E-state index contributed by atoms with van der Waals surface area (Å²) in [5.74, 6) is -0.0135. The number of aromatic amines is 1. The zero-order valence-electron chi connectivity index (χ0n) is 30.5. The lowest BCUT2D eigenvalue weighted by Gasteiger charge is -2.30. The smallest absolute Gasteiger partial charge is 0.252 e. The van der Waals surface area contributed by atoms with E-state index in [1.807, 2.05) is 52.9 Å². The maximum Gasteiger partial charge on any atom is 0.252 e. The van der Waals surface area contributed by atoms with Gasteiger partial charge in [-0.2, -0.15) is 0 Å². The summed E-state index contributed by atoms with van der Waals surface area (Å²) in [6.07, 6.45) is 12.1. The second-order valence-corrected chi connectivity index (χ2v) is 10.8. The minimum absolute atomic E-state index is 0.154. The fraction of sp³-hybridized carbons (Fsp3) is 0.514. The first-order chi connectivity index (χ1) is 22.8. The Bertz CT molecular complexity index is 1370. The zero-order valence-corrected chi connectivity index (χ0v) is 30.5. The van der Waals surface area contributed by atoms with Gasteiger partial charge in [0.25, 0.3) is 5.91 Å². The normalized spacial score (nSPS) is 16.7. The van der Waals surface area contributed by atoms with Gasteiger partial charge in [0.15, 0.2) is 0 Å². The highest BCUT2D eigenvalue weighted by Crippen LogP contribution is 2.33. The van der Waals surface area contributed by atoms with Gasteiger partial charge >= 0.3 is 0 Å². The molecule has 10 nitrogen and oxygen atoms in total. The number of carbonyl (C=O) groups is 1. The summed E-state index contributed by atoms with van der Waals surface area (Å²) in [6.45, 7) is 22.1. The summed E-state index contributed by atoms with van der Waals surface area (Å²) < 4.78 is 5.61. The summed E-state index contributed by atoms with van der Waals surface area (Å²) >= 11 is 0. The number of ether oxygens (including phenoxy) is 1. The number of H-pyrrole nitrogens is 1. The number of nitrogens with two attached hydrogens (primary N) is 1. The molecule has 0 saturated carbocycles. The largest absolute Gasteiger partial charge is 0.404 e. The zero-order chi connectivity index (χ0) is 35.4. The maximum atomic E-state index is 13.1. The van der Waals surface area contributed by atoms with Crippen molar-refractivity contribution in [3.05, 3.63) is 70.6 Å². The summed E-state index contributed by atoms with van der Waals surface area (Å²) in [7, 11) is 1.71. The lowest BCUT2D eigenvalue weighted by Crippen LogP contribution is -2.44. The van der Waals surface area contributed by atoms with Crippen LogP contribution in [0.1, 0.15) is 95.5 Å². The van der Waals surface area contributed by atoms with Gasteiger partial charge in [0, 0.05) is 92.4 Å². The van der Waals surface area contributed by atoms with Crippen molar-refractivity contribution in [2.24, 2.45) is 16.6 Å². The second-order valence-electron chi connectivity index (χ2n) is 10.8. The van der Waals surface area contributed by atoms with Crippen LogP contribution >= 0.6 is 0 Å². The topological polar surface area (TPSA) is 145 Å². The van der Waals surface area contributed by atoms with Crippen LogP contribution in [0.5, 0.6) is 0 Å². The predicted octanol–water partition coefficient (Wildman–Crippen LogP) is 7.08. The first-order valence-corrected chi connectivity index (χ1v) is 17.1. The molecular formula is C37H60N8O2. The van der Waals surface area contributed by atoms with Crippen LogP contribution in [0.4, 0.5) is 5.69 Å². The summed E-state index contributed by atoms with van der Waals surface area (Å²) in [5.41, 5.74) is 13.0. The van der Waals surface area contributed by atoms with Gasteiger partial charge in [-0.15, -0.1) is 0 Å². The Kier molecular flexibility index (Phi) is 19.6. The Labute approximate surface area is 283 Å². The quantitative estimate of drug-likeness (QED) is 0.109. The summed E-state index contributed by atoms with van der Waals surface area (Å²) in [4.78, 5) is 27.4. The number of anilines is 1. The predicted molar refractivity (Wildman–Crippen MR) is 200 cm³/mol. The van der Waals surface area contributed by atoms with Crippen molar-refractivity contribution in [1.29, 1.82) is 5.41 Å². The molecule has 6 N–H and O–H groups in total. The Morgan fingerprint density at radius 1 is 1.26 bits per heavy atom. The molecule has 3 heterocycles. The number of allylic oxidation sites excluding steroid dienone is 4. The van der Waals surface area contributed by atoms with E-state index in [9.17, 15) is 4.79 Å². The van der Waals surface area contributed by atoms with Gasteiger partial charge in [-0.05, 0) is 50.3 Å². The first-order valence-electron chi connectivity index (χ1n) is 17.1. The molecule has 3 rings (SSSR count). The number of aromatic nitrogens is 2. The highest BCUT2D eigenvalue weighted by molar-refractivity contribution is 6.10. The molecule has 1 fully saturated rings. The van der Waals surface area contributed by atoms with Crippen molar-refractivity contribution in [1.82, 2.24) is 20.2 Å². The van der Waals surface area contributed by atoms with Gasteiger partial charge in [0.1, 0.15) is 0 Å². The van der Waals surface area contributed by atoms with Crippen molar-refractivity contribution in [3.8, 4) is 0 Å². The molecule has 0 spiro atoms. The van der Waals surface area contributed by atoms with Gasteiger partial charge in [-0.3, -0.25) is 19.7 Å². The van der Waals surface area contributed by atoms with Crippen molar-refractivity contribution in [3.63, 3.8) is 0 Å². The van der Waals surface area contributed by atoms with Crippen LogP contribution in [-0.4, -0.2) is 79.1 Å². The van der Waals surface area contributed by atoms with E-state index in [2.05, 4.69) is 64.3 Å². The van der Waals surface area contributed by atoms with Crippen molar-refractivity contribution in [2.45, 2.75) is 81.3 Å². The molecule has 2 unspecified atom stereocenters. The molecule has 1 saturated heterocycles. The van der Waals surface area contributed by atoms with E-state index in [1.54, 1.807) is 19.5 Å². The third-order valence-electron chi connectivity index (χ3n) is 7.65. The standard InChI is InChI=1S/C33H48N8O2.2C2H6/c1-7-9-29(28(17-35)32(22(3)8-2)31-14-25(19-39-31)27(16-34)18-36-6)40-30-15-26(20-38-24(30)5)33(42)37-10-11-41-12-13-43-23(4)21-41;2*1-2/h9,14-20,22-23,35,39-40H,7-8,10-13,21,34H2,1-6H3,(H,37,42);2*1-2H3/b27-16+,29-9+,32-28+,35-17?,36-18?;;. The Hall–Kier alpha value is -4.02. The van der Waals surface area contributed by atoms with Crippen molar-refractivity contribution >= 4 is 35.2 Å². The number of carbonyl (C=O) groups excluding carboxylic acids is 1. The third-order valence-corrected chi connectivity index (χ3v) is 7.65. The third kappa shape index (κ3) is 12.3. The van der Waals surface area contributed by atoms with E-state index in [-0.39, 0.29) is 17.9 Å². The number of nitrogens with zero attached hydrogens (tertiary/aromatic N) is 3. The van der Waals surface area contributed by atoms with E-state index in [1.165, 1.54) is 12.4 Å². The van der Waals surface area contributed by atoms with Crippen LogP contribution in [0, 0.1) is 18.3 Å². The van der Waals surface area contributed by atoms with Gasteiger partial charge in [0.05, 0.1) is 29.7 Å². The summed E-state index contributed by atoms with van der Waals surface area (Å²) in [5, 5.41) is 15.0. The van der Waals surface area contributed by atoms with Crippen LogP contribution in [-0.2, 0) is 4.74 Å². The molecule has 47 heavy (non-hydrogen) atoms. The Morgan fingerprint density at radius 3 is 2.57 bits per heavy atom. The van der Waals surface area contributed by atoms with E-state index in [4.69, 9.17) is 15.9 Å². The average molecular weight is 649 g/mol. The number of aliphatic imine (C=N–C) groups is 1. The lowest BCUT2D eigenvalue weighted by molar-refractivity contribution is -0.0175. The molecule has 260 valence electrons. The minimum Gasteiger partial charge on any atom is -0.404 e. The van der Waals surface area contributed by atoms with E-state index in [0.717, 1.165) is 84.1 Å². The molecule has 0 radical (unpaired) electrons. The molecule has 0 bridgehead atoms. The number of pyridine rings is 1. The molecule has 2 aromatic rings. The molecule has 1 aliphatic heterocycles. The Balaban J connectivity index is 0.00000265. The number of nitrogens with one attached hydrogen (secondary N) is 4. The molecular weight excluding hydrogens is 588 g/mol. The van der Waals surface area contributed by atoms with Crippen LogP contribution in [0.3, 0.4) is 0 Å². The fourth-order valence-electron chi connectivity index (χ4n) is 5.13. The average Bonchev–Trinajstić information content (AvgIpc) is 3.57. The summed E-state index contributed by atoms with van der Waals surface area (Å²) in [6, 6.07) is 3.88. The molecule has 0 aromatic carbocycles. The number of hydrogen-bond acceptors (Lipinski definition) is 8. The van der Waals surface area contributed by atoms with Crippen LogP contribution < -0.4 is 16.4 Å². The fourth-order valence-corrected chi connectivity index (χ4v) is 5.13. The van der Waals surface area contributed by atoms with E-state index in [0.29, 0.717) is 12.1 Å². The van der Waals surface area contributed by atoms with Gasteiger partial charge < -0.3 is 31.5 Å². The second kappa shape index (κ2) is 22.5. The molecule has 1 amide bonds. The molecule has 2 aromatic heterocycles. The number of hydrogen-bond donors (Lipinski definition) is 5. The maximum absolute atomic E-state index is 13.1. The monoisotopic (exact) mass is 648 g/mol. The number of morpholine rings is 1.